The molecule has 0 aliphatic carbocycles. The number of phenols is 2. The van der Waals surface area contributed by atoms with Crippen LogP contribution in [0.5, 0.6) is 11.5 Å². The van der Waals surface area contributed by atoms with Crippen LogP contribution in [0, 0.1) is 0 Å². The number of hydrogen-bond acceptors (Lipinski definition) is 10. The Morgan fingerprint density at radius 3 is 0.979 bits per heavy atom. The number of rotatable bonds is 6. The molecule has 260 valence electrons. The second-order valence-corrected chi connectivity index (χ2v) is 10.3. The summed E-state index contributed by atoms with van der Waals surface area (Å²) in [6, 6.07) is 23.8. The van der Waals surface area contributed by atoms with Crippen molar-refractivity contribution in [3.63, 3.8) is 0 Å². The summed E-state index contributed by atoms with van der Waals surface area (Å²) in [5.41, 5.74) is 2.05. The van der Waals surface area contributed by atoms with Gasteiger partial charge in [-0.15, -0.1) is 0 Å². The van der Waals surface area contributed by atoms with Crippen LogP contribution in [0.2, 0.25) is 0 Å². The van der Waals surface area contributed by atoms with E-state index in [1.807, 2.05) is 0 Å². The summed E-state index contributed by atoms with van der Waals surface area (Å²) in [6.07, 6.45) is 2.91. The van der Waals surface area contributed by atoms with Gasteiger partial charge in [-0.3, -0.25) is 9.98 Å². The average Bonchev–Trinajstić information content (AvgIpc) is 2.88. The third kappa shape index (κ3) is 18.8. The second-order valence-electron chi connectivity index (χ2n) is 7.53. The molecular weight excluding hydrogens is 773 g/mol. The number of benzene rings is 4. The predicted octanol–water partition coefficient (Wildman–Crippen LogP) is -3.09. The molecule has 0 unspecified atom stereocenters. The van der Waals surface area contributed by atoms with Crippen molar-refractivity contribution >= 4 is 44.0 Å². The van der Waals surface area contributed by atoms with Crippen LogP contribution in [0.15, 0.2) is 117 Å². The summed E-state index contributed by atoms with van der Waals surface area (Å²) in [6.45, 7) is 0. The van der Waals surface area contributed by atoms with E-state index in [1.54, 1.807) is 36.4 Å². The summed E-state index contributed by atoms with van der Waals surface area (Å²) in [4.78, 5) is 7.56. The Bertz CT molecular complexity index is 1560. The molecule has 0 saturated carbocycles. The largest absolute Gasteiger partial charge is 2.00 e. The number of hydrogen-bond donors (Lipinski definition) is 2. The van der Waals surface area contributed by atoms with Crippen molar-refractivity contribution in [1.29, 1.82) is 0 Å². The fourth-order valence-corrected chi connectivity index (χ4v) is 3.82. The van der Waals surface area contributed by atoms with Crippen LogP contribution in [0.4, 0.5) is 11.4 Å². The molecular formula is C26H42CdN2O16S2+6. The van der Waals surface area contributed by atoms with Gasteiger partial charge in [0.25, 0.3) is 0 Å². The Labute approximate surface area is 289 Å². The van der Waals surface area contributed by atoms with Crippen LogP contribution in [0.1, 0.15) is 11.1 Å². The van der Waals surface area contributed by atoms with E-state index in [2.05, 4.69) is 9.98 Å². The van der Waals surface area contributed by atoms with Crippen molar-refractivity contribution in [2.24, 2.45) is 9.98 Å². The first-order valence-corrected chi connectivity index (χ1v) is 13.5. The molecule has 0 radical (unpaired) electrons. The topological polar surface area (TPSA) is 441 Å². The standard InChI is InChI=1S/2C13H11NO4S.Cd.8H2O/c2*15-13-4-2-1-3-10(13)9-14-11-5-7-12(8-6-11)19(16,17)18;;;;;;;;;/h2*1-9,15H,(H,16,17,18);;8*1H2/q;;+2;;;;;;;;/p+4. The number of aliphatic imine (C=N–C) groups is 2. The van der Waals surface area contributed by atoms with Crippen molar-refractivity contribution in [2.45, 2.75) is 9.79 Å². The van der Waals surface area contributed by atoms with Crippen molar-refractivity contribution in [1.82, 2.24) is 0 Å². The minimum absolute atomic E-state index is 0. The van der Waals surface area contributed by atoms with Gasteiger partial charge < -0.3 is 63.1 Å². The third-order valence-corrected chi connectivity index (χ3v) is 6.53. The zero-order chi connectivity index (χ0) is 27.8. The number of aromatic hydroxyl groups is 2. The molecule has 0 amide bonds. The molecule has 18 nitrogen and oxygen atoms in total. The van der Waals surface area contributed by atoms with Crippen LogP contribution in [0.25, 0.3) is 0 Å². The van der Waals surface area contributed by atoms with E-state index in [0.29, 0.717) is 22.5 Å². The molecule has 47 heavy (non-hydrogen) atoms. The van der Waals surface area contributed by atoms with Gasteiger partial charge in [-0.2, -0.15) is 0 Å². The Kier molecular flexibility index (Phi) is 32.9. The SMILES string of the molecule is O.O.O=S(=O)([O-])c1ccc(N=Cc2ccccc2O)cc1.O=S(=O)([O-])c1ccc(N=Cc2ccccc2O)cc1.[Cd+2].[OH3+].[OH3+].[OH3+].[OH3+].[OH3+].[OH3+]. The molecule has 24 N–H and O–H groups in total. The van der Waals surface area contributed by atoms with Crippen molar-refractivity contribution in [2.75, 3.05) is 0 Å². The molecule has 4 aromatic rings. The van der Waals surface area contributed by atoms with Gasteiger partial charge in [0.1, 0.15) is 31.7 Å². The van der Waals surface area contributed by atoms with Crippen LogP contribution in [-0.4, -0.2) is 59.5 Å². The van der Waals surface area contributed by atoms with E-state index < -0.39 is 20.2 Å². The Morgan fingerprint density at radius 2 is 0.745 bits per heavy atom. The van der Waals surface area contributed by atoms with E-state index in [1.165, 1.54) is 73.1 Å². The predicted molar refractivity (Wildman–Crippen MR) is 176 cm³/mol. The van der Waals surface area contributed by atoms with Gasteiger partial charge in [0.2, 0.25) is 0 Å². The molecule has 0 aliphatic heterocycles. The van der Waals surface area contributed by atoms with Crippen molar-refractivity contribution in [3.05, 3.63) is 108 Å². The van der Waals surface area contributed by atoms with Gasteiger partial charge in [-0.1, -0.05) is 24.3 Å². The average molecular weight is 815 g/mol. The van der Waals surface area contributed by atoms with E-state index >= 15 is 0 Å². The normalized spacial score (nSPS) is 9.57. The molecule has 4 aromatic carbocycles. The maximum Gasteiger partial charge on any atom is 2.00 e. The molecule has 0 heterocycles. The van der Waals surface area contributed by atoms with Crippen LogP contribution < -0.4 is 0 Å². The Morgan fingerprint density at radius 1 is 0.489 bits per heavy atom. The quantitative estimate of drug-likeness (QED) is 0.0867. The number of phenolic OH excluding ortho intramolecular Hbond substituents is 2. The van der Waals surface area contributed by atoms with Crippen molar-refractivity contribution in [3.8, 4) is 11.5 Å². The van der Waals surface area contributed by atoms with E-state index in [0.717, 1.165) is 0 Å². The first-order valence-electron chi connectivity index (χ1n) is 10.7. The Balaban J connectivity index is -0.000000114. The molecule has 0 aliphatic rings. The summed E-state index contributed by atoms with van der Waals surface area (Å²) in [5, 5.41) is 19.1. The maximum absolute atomic E-state index is 10.7. The fourth-order valence-electron chi connectivity index (χ4n) is 2.88. The van der Waals surface area contributed by atoms with Gasteiger partial charge >= 0.3 is 27.3 Å². The molecule has 0 fully saturated rings. The smallest absolute Gasteiger partial charge is 0.744 e. The first kappa shape index (κ1) is 58.7. The summed E-state index contributed by atoms with van der Waals surface area (Å²) < 4.78 is 64.4. The maximum atomic E-state index is 10.7. The van der Waals surface area contributed by atoms with Crippen LogP contribution in [0.3, 0.4) is 0 Å². The molecule has 0 bridgehead atoms. The van der Waals surface area contributed by atoms with Crippen LogP contribution in [-0.2, 0) is 80.4 Å². The molecule has 21 heteroatoms. The van der Waals surface area contributed by atoms with Gasteiger partial charge in [0.15, 0.2) is 0 Å². The minimum atomic E-state index is -4.44. The molecule has 0 saturated heterocycles. The van der Waals surface area contributed by atoms with Crippen LogP contribution >= 0.6 is 0 Å². The fraction of sp³-hybridized carbons (Fsp3) is 0. The zero-order valence-electron chi connectivity index (χ0n) is 24.6. The van der Waals surface area contributed by atoms with Gasteiger partial charge in [-0.05, 0) is 72.8 Å². The van der Waals surface area contributed by atoms with Gasteiger partial charge in [-0.25, -0.2) is 16.8 Å². The molecule has 0 atom stereocenters. The minimum Gasteiger partial charge on any atom is -0.744 e. The zero-order valence-corrected chi connectivity index (χ0v) is 30.3. The van der Waals surface area contributed by atoms with E-state index in [-0.39, 0.29) is 92.4 Å². The summed E-state index contributed by atoms with van der Waals surface area (Å²) in [7, 11) is -8.87. The van der Waals surface area contributed by atoms with Crippen molar-refractivity contribution < 1.29 is 107 Å². The molecule has 4 rings (SSSR count). The van der Waals surface area contributed by atoms with Gasteiger partial charge in [0, 0.05) is 23.6 Å². The third-order valence-electron chi connectivity index (χ3n) is 4.83. The second kappa shape index (κ2) is 26.3. The Hall–Kier alpha value is -3.76. The van der Waals surface area contributed by atoms with Gasteiger partial charge in [0.05, 0.1) is 21.2 Å². The van der Waals surface area contributed by atoms with E-state index in [9.17, 15) is 36.2 Å². The first-order chi connectivity index (χ1) is 17.9. The van der Waals surface area contributed by atoms with E-state index in [4.69, 9.17) is 0 Å². The molecule has 0 spiro atoms. The summed E-state index contributed by atoms with van der Waals surface area (Å²) in [5.74, 6) is 0.204. The number of nitrogens with zero attached hydrogens (tertiary/aromatic N) is 2. The summed E-state index contributed by atoms with van der Waals surface area (Å²) >= 11 is 0. The molecule has 0 aromatic heterocycles. The monoisotopic (exact) mass is 816 g/mol. The number of para-hydroxylation sites is 2.